The number of carbonyl (C=O) groups is 1. The van der Waals surface area contributed by atoms with Crippen molar-refractivity contribution in [2.24, 2.45) is 5.92 Å². The van der Waals surface area contributed by atoms with Crippen molar-refractivity contribution in [1.29, 1.82) is 0 Å². The average molecular weight is 340 g/mol. The van der Waals surface area contributed by atoms with Crippen LogP contribution < -0.4 is 5.32 Å². The standard InChI is InChI=1S/C16H19F3N4O/c1-10(14-21-12-6-2-3-7-13(12)22-14)20-15(24)23-8-4-5-11(9-23)16(17,18)19/h2-3,6-7,10-11H,4-5,8-9H2,1H3,(H,20,24)(H,21,22)/t10-,11-/m0/s1. The molecule has 1 aromatic heterocycles. The summed E-state index contributed by atoms with van der Waals surface area (Å²) < 4.78 is 38.6. The summed E-state index contributed by atoms with van der Waals surface area (Å²) >= 11 is 0. The minimum atomic E-state index is -4.26. The minimum absolute atomic E-state index is 0.0758. The number of hydrogen-bond donors (Lipinski definition) is 2. The van der Waals surface area contributed by atoms with Gasteiger partial charge in [0.25, 0.3) is 0 Å². The Balaban J connectivity index is 1.65. The van der Waals surface area contributed by atoms with E-state index in [2.05, 4.69) is 15.3 Å². The van der Waals surface area contributed by atoms with Gasteiger partial charge in [0.05, 0.1) is 23.0 Å². The highest BCUT2D eigenvalue weighted by Gasteiger charge is 2.42. The predicted molar refractivity (Wildman–Crippen MR) is 83.4 cm³/mol. The Hall–Kier alpha value is -2.25. The predicted octanol–water partition coefficient (Wildman–Crippen LogP) is 3.61. The van der Waals surface area contributed by atoms with Crippen LogP contribution in [-0.4, -0.2) is 40.2 Å². The Labute approximate surface area is 137 Å². The lowest BCUT2D eigenvalue weighted by atomic mass is 9.98. The molecule has 0 spiro atoms. The van der Waals surface area contributed by atoms with Gasteiger partial charge in [0.15, 0.2) is 0 Å². The highest BCUT2D eigenvalue weighted by molar-refractivity contribution is 5.76. The van der Waals surface area contributed by atoms with E-state index in [9.17, 15) is 18.0 Å². The largest absolute Gasteiger partial charge is 0.393 e. The van der Waals surface area contributed by atoms with Crippen molar-refractivity contribution in [3.05, 3.63) is 30.1 Å². The van der Waals surface area contributed by atoms with E-state index in [4.69, 9.17) is 0 Å². The molecule has 1 saturated heterocycles. The van der Waals surface area contributed by atoms with E-state index in [0.29, 0.717) is 18.8 Å². The van der Waals surface area contributed by atoms with Gasteiger partial charge < -0.3 is 15.2 Å². The molecule has 1 fully saturated rings. The van der Waals surface area contributed by atoms with E-state index in [1.807, 2.05) is 24.3 Å². The first-order valence-corrected chi connectivity index (χ1v) is 7.91. The lowest BCUT2D eigenvalue weighted by Gasteiger charge is -2.34. The van der Waals surface area contributed by atoms with Crippen molar-refractivity contribution in [3.8, 4) is 0 Å². The van der Waals surface area contributed by atoms with Gasteiger partial charge in [-0.25, -0.2) is 9.78 Å². The van der Waals surface area contributed by atoms with Crippen LogP contribution in [0.4, 0.5) is 18.0 Å². The number of hydrogen-bond acceptors (Lipinski definition) is 2. The third kappa shape index (κ3) is 3.47. The van der Waals surface area contributed by atoms with Crippen LogP contribution >= 0.6 is 0 Å². The smallest absolute Gasteiger partial charge is 0.340 e. The third-order valence-electron chi connectivity index (χ3n) is 4.33. The van der Waals surface area contributed by atoms with Crippen LogP contribution in [0.25, 0.3) is 11.0 Å². The SMILES string of the molecule is C[C@H](NC(=O)N1CCC[C@H](C(F)(F)F)C1)c1nc2ccccc2[nH]1. The van der Waals surface area contributed by atoms with Crippen molar-refractivity contribution < 1.29 is 18.0 Å². The highest BCUT2D eigenvalue weighted by Crippen LogP contribution is 2.33. The van der Waals surface area contributed by atoms with Crippen molar-refractivity contribution in [1.82, 2.24) is 20.2 Å². The van der Waals surface area contributed by atoms with Gasteiger partial charge in [0, 0.05) is 13.1 Å². The zero-order chi connectivity index (χ0) is 17.3. The molecular formula is C16H19F3N4O. The number of nitrogens with one attached hydrogen (secondary N) is 2. The Kier molecular flexibility index (Phi) is 4.38. The van der Waals surface area contributed by atoms with E-state index < -0.39 is 24.2 Å². The first-order chi connectivity index (χ1) is 11.3. The fraction of sp³-hybridized carbons (Fsp3) is 0.500. The number of fused-ring (bicyclic) bond motifs is 1. The van der Waals surface area contributed by atoms with Crippen molar-refractivity contribution >= 4 is 17.1 Å². The molecule has 24 heavy (non-hydrogen) atoms. The lowest BCUT2D eigenvalue weighted by molar-refractivity contribution is -0.184. The fourth-order valence-electron chi connectivity index (χ4n) is 2.95. The van der Waals surface area contributed by atoms with Gasteiger partial charge in [-0.15, -0.1) is 0 Å². The summed E-state index contributed by atoms with van der Waals surface area (Å²) in [6.07, 6.45) is -3.83. The van der Waals surface area contributed by atoms with Crippen LogP contribution in [0.5, 0.6) is 0 Å². The van der Waals surface area contributed by atoms with Crippen LogP contribution in [0.2, 0.25) is 0 Å². The van der Waals surface area contributed by atoms with Crippen LogP contribution in [0.1, 0.15) is 31.6 Å². The number of piperidine rings is 1. The van der Waals surface area contributed by atoms with Gasteiger partial charge in [0.2, 0.25) is 0 Å². The van der Waals surface area contributed by atoms with Gasteiger partial charge in [-0.3, -0.25) is 0 Å². The molecule has 0 saturated carbocycles. The molecule has 0 radical (unpaired) electrons. The number of nitrogens with zero attached hydrogens (tertiary/aromatic N) is 2. The van der Waals surface area contributed by atoms with E-state index in [1.54, 1.807) is 6.92 Å². The second kappa shape index (κ2) is 6.33. The second-order valence-electron chi connectivity index (χ2n) is 6.14. The zero-order valence-electron chi connectivity index (χ0n) is 13.2. The average Bonchev–Trinajstić information content (AvgIpc) is 2.98. The monoisotopic (exact) mass is 340 g/mol. The summed E-state index contributed by atoms with van der Waals surface area (Å²) in [5, 5.41) is 2.72. The Bertz CT molecular complexity index is 694. The van der Waals surface area contributed by atoms with Crippen molar-refractivity contribution in [2.45, 2.75) is 32.0 Å². The molecule has 2 atom stereocenters. The molecule has 0 unspecified atom stereocenters. The van der Waals surface area contributed by atoms with Gasteiger partial charge >= 0.3 is 12.2 Å². The summed E-state index contributed by atoms with van der Waals surface area (Å²) in [6, 6.07) is 6.55. The molecule has 1 aliphatic rings. The molecular weight excluding hydrogens is 321 g/mol. The Morgan fingerprint density at radius 1 is 1.42 bits per heavy atom. The van der Waals surface area contributed by atoms with Gasteiger partial charge in [-0.1, -0.05) is 12.1 Å². The lowest BCUT2D eigenvalue weighted by Crippen LogP contribution is -2.49. The quantitative estimate of drug-likeness (QED) is 0.877. The van der Waals surface area contributed by atoms with E-state index >= 15 is 0 Å². The number of likely N-dealkylation sites (tertiary alicyclic amines) is 1. The number of aromatic nitrogens is 2. The van der Waals surface area contributed by atoms with Crippen LogP contribution in [0.3, 0.4) is 0 Å². The van der Waals surface area contributed by atoms with Gasteiger partial charge in [0.1, 0.15) is 5.82 Å². The number of aromatic amines is 1. The summed E-state index contributed by atoms with van der Waals surface area (Å²) in [7, 11) is 0. The summed E-state index contributed by atoms with van der Waals surface area (Å²) in [5.41, 5.74) is 1.63. The number of para-hydroxylation sites is 2. The Morgan fingerprint density at radius 3 is 2.88 bits per heavy atom. The number of urea groups is 1. The first-order valence-electron chi connectivity index (χ1n) is 7.91. The molecule has 2 aromatic rings. The molecule has 2 heterocycles. The third-order valence-corrected chi connectivity index (χ3v) is 4.33. The summed E-state index contributed by atoms with van der Waals surface area (Å²) in [5.74, 6) is -0.868. The zero-order valence-corrected chi connectivity index (χ0v) is 13.2. The van der Waals surface area contributed by atoms with E-state index in [-0.39, 0.29) is 13.0 Å². The molecule has 1 aliphatic heterocycles. The molecule has 0 bridgehead atoms. The fourth-order valence-corrected chi connectivity index (χ4v) is 2.95. The maximum atomic E-state index is 12.9. The number of halogens is 3. The van der Waals surface area contributed by atoms with Gasteiger partial charge in [-0.2, -0.15) is 13.2 Å². The molecule has 2 N–H and O–H groups in total. The van der Waals surface area contributed by atoms with Crippen LogP contribution in [-0.2, 0) is 0 Å². The topological polar surface area (TPSA) is 61.0 Å². The maximum Gasteiger partial charge on any atom is 0.393 e. The molecule has 130 valence electrons. The Morgan fingerprint density at radius 2 is 2.17 bits per heavy atom. The van der Waals surface area contributed by atoms with Crippen molar-refractivity contribution in [2.75, 3.05) is 13.1 Å². The minimum Gasteiger partial charge on any atom is -0.340 e. The molecule has 1 aromatic carbocycles. The number of rotatable bonds is 2. The number of H-pyrrole nitrogens is 1. The molecule has 5 nitrogen and oxygen atoms in total. The van der Waals surface area contributed by atoms with Gasteiger partial charge in [-0.05, 0) is 31.9 Å². The summed E-state index contributed by atoms with van der Waals surface area (Å²) in [4.78, 5) is 21.0. The number of amides is 2. The van der Waals surface area contributed by atoms with Crippen molar-refractivity contribution in [3.63, 3.8) is 0 Å². The number of alkyl halides is 3. The molecule has 0 aliphatic carbocycles. The first kappa shape index (κ1) is 16.6. The highest BCUT2D eigenvalue weighted by atomic mass is 19.4. The summed E-state index contributed by atoms with van der Waals surface area (Å²) in [6.45, 7) is 1.80. The van der Waals surface area contributed by atoms with Crippen LogP contribution in [0, 0.1) is 5.92 Å². The number of imidazole rings is 1. The molecule has 2 amide bonds. The normalized spacial score (nSPS) is 20.2. The van der Waals surface area contributed by atoms with E-state index in [0.717, 1.165) is 11.0 Å². The van der Waals surface area contributed by atoms with Crippen LogP contribution in [0.15, 0.2) is 24.3 Å². The number of benzene rings is 1. The second-order valence-corrected chi connectivity index (χ2v) is 6.14. The molecule has 3 rings (SSSR count). The number of carbonyl (C=O) groups excluding carboxylic acids is 1. The molecule has 8 heteroatoms. The van der Waals surface area contributed by atoms with E-state index in [1.165, 1.54) is 4.90 Å². The maximum absolute atomic E-state index is 12.9.